The van der Waals surface area contributed by atoms with Gasteiger partial charge in [0.2, 0.25) is 0 Å². The van der Waals surface area contributed by atoms with Crippen LogP contribution in [0.4, 0.5) is 0 Å². The van der Waals surface area contributed by atoms with Crippen molar-refractivity contribution in [1.29, 1.82) is 5.26 Å². The van der Waals surface area contributed by atoms with E-state index in [0.29, 0.717) is 18.7 Å². The average Bonchev–Trinajstić information content (AvgIpc) is 2.13. The van der Waals surface area contributed by atoms with Crippen molar-refractivity contribution >= 4 is 22.6 Å². The number of esters is 1. The van der Waals surface area contributed by atoms with E-state index in [1.54, 1.807) is 6.92 Å². The fraction of sp³-hybridized carbons (Fsp3) is 0.818. The topological polar surface area (TPSA) is 59.3 Å². The third-order valence-corrected chi connectivity index (χ3v) is 10.2. The molecule has 96 valence electrons. The Hall–Kier alpha value is -0.646. The smallest absolute Gasteiger partial charge is 0.326 e. The number of carbonyl (C=O) groups excluding carboxylic acids is 1. The van der Waals surface area contributed by atoms with E-state index in [2.05, 4.69) is 32.3 Å². The summed E-state index contributed by atoms with van der Waals surface area (Å²) in [6, 6.07) is 3.32. The summed E-state index contributed by atoms with van der Waals surface area (Å²) in [5.74, 6) is -0.355. The van der Waals surface area contributed by atoms with Gasteiger partial charge in [0, 0.05) is 0 Å². The zero-order chi connectivity index (χ0) is 13.3. The van der Waals surface area contributed by atoms with Crippen LogP contribution in [0.25, 0.3) is 0 Å². The maximum absolute atomic E-state index is 12.1. The van der Waals surface area contributed by atoms with Crippen molar-refractivity contribution in [2.45, 2.75) is 45.2 Å². The maximum Gasteiger partial charge on any atom is 0.326 e. The molecule has 1 rings (SSSR count). The first-order chi connectivity index (χ1) is 7.66. The van der Waals surface area contributed by atoms with Crippen LogP contribution in [-0.4, -0.2) is 29.2 Å². The molecule has 0 aliphatic carbocycles. The molecule has 0 N–H and O–H groups in total. The monoisotopic (exact) mass is 271 g/mol. The van der Waals surface area contributed by atoms with Crippen molar-refractivity contribution in [2.24, 2.45) is 5.41 Å². The molecule has 6 heteroatoms. The lowest BCUT2D eigenvalue weighted by Crippen LogP contribution is -2.57. The summed E-state index contributed by atoms with van der Waals surface area (Å²) in [6.07, 6.45) is 0. The number of rotatable bonds is 2. The van der Waals surface area contributed by atoms with E-state index in [1.165, 1.54) is 0 Å². The van der Waals surface area contributed by atoms with Gasteiger partial charge in [-0.05, 0) is 45.2 Å². The standard InChI is InChI=1S/C11H21NO3Si2/c1-6-14-10(13)11(7-12)8-16(2,3)15-17(4,5)9-11/h6,8-9H2,1-5H3. The highest BCUT2D eigenvalue weighted by molar-refractivity contribution is 6.86. The van der Waals surface area contributed by atoms with Crippen molar-refractivity contribution in [2.75, 3.05) is 6.61 Å². The van der Waals surface area contributed by atoms with Crippen molar-refractivity contribution in [3.63, 3.8) is 0 Å². The predicted molar refractivity (Wildman–Crippen MR) is 70.3 cm³/mol. The molecule has 1 aliphatic heterocycles. The van der Waals surface area contributed by atoms with E-state index >= 15 is 0 Å². The lowest BCUT2D eigenvalue weighted by molar-refractivity contribution is -0.150. The third-order valence-electron chi connectivity index (χ3n) is 2.89. The number of hydrogen-bond donors (Lipinski definition) is 0. The summed E-state index contributed by atoms with van der Waals surface area (Å²) in [5.41, 5.74) is -0.959. The molecule has 0 unspecified atom stereocenters. The second-order valence-electron chi connectivity index (χ2n) is 5.89. The molecular formula is C11H21NO3Si2. The average molecular weight is 271 g/mol. The lowest BCUT2D eigenvalue weighted by atomic mass is 9.95. The number of hydrogen-bond acceptors (Lipinski definition) is 4. The lowest BCUT2D eigenvalue weighted by Gasteiger charge is -2.45. The number of nitriles is 1. The van der Waals surface area contributed by atoms with Gasteiger partial charge < -0.3 is 8.85 Å². The van der Waals surface area contributed by atoms with Crippen LogP contribution in [0.5, 0.6) is 0 Å². The van der Waals surface area contributed by atoms with Gasteiger partial charge in [0.05, 0.1) is 12.7 Å². The molecule has 17 heavy (non-hydrogen) atoms. The first kappa shape index (κ1) is 14.4. The van der Waals surface area contributed by atoms with Gasteiger partial charge in [0.25, 0.3) is 0 Å². The van der Waals surface area contributed by atoms with Gasteiger partial charge in [-0.2, -0.15) is 5.26 Å². The number of nitrogens with zero attached hydrogens (tertiary/aromatic N) is 1. The molecular weight excluding hydrogens is 250 g/mol. The van der Waals surface area contributed by atoms with E-state index in [-0.39, 0.29) is 5.97 Å². The van der Waals surface area contributed by atoms with Gasteiger partial charge >= 0.3 is 5.97 Å². The summed E-state index contributed by atoms with van der Waals surface area (Å²) in [4.78, 5) is 12.1. The SMILES string of the molecule is CCOC(=O)C1(C#N)C[Si](C)(C)O[Si](C)(C)C1. The number of carbonyl (C=O) groups is 1. The minimum absolute atomic E-state index is 0.326. The molecule has 0 spiro atoms. The Balaban J connectivity index is 3.08. The zero-order valence-corrected chi connectivity index (χ0v) is 13.3. The van der Waals surface area contributed by atoms with Gasteiger partial charge in [0.15, 0.2) is 22.0 Å². The van der Waals surface area contributed by atoms with Gasteiger partial charge in [-0.3, -0.25) is 4.79 Å². The van der Waals surface area contributed by atoms with Crippen molar-refractivity contribution < 1.29 is 13.6 Å². The van der Waals surface area contributed by atoms with Gasteiger partial charge in [-0.25, -0.2) is 0 Å². The summed E-state index contributed by atoms with van der Waals surface area (Å²) in [6.45, 7) is 10.4. The van der Waals surface area contributed by atoms with Gasteiger partial charge in [-0.15, -0.1) is 0 Å². The van der Waals surface area contributed by atoms with Crippen molar-refractivity contribution in [3.05, 3.63) is 0 Å². The van der Waals surface area contributed by atoms with Crippen LogP contribution in [0.1, 0.15) is 6.92 Å². The minimum Gasteiger partial charge on any atom is -0.465 e. The highest BCUT2D eigenvalue weighted by atomic mass is 28.4. The summed E-state index contributed by atoms with van der Waals surface area (Å²) in [5, 5.41) is 9.44. The molecule has 4 nitrogen and oxygen atoms in total. The van der Waals surface area contributed by atoms with Gasteiger partial charge in [-0.1, -0.05) is 0 Å². The van der Waals surface area contributed by atoms with Crippen LogP contribution in [-0.2, 0) is 13.6 Å². The predicted octanol–water partition coefficient (Wildman–Crippen LogP) is 2.50. The maximum atomic E-state index is 12.1. The van der Waals surface area contributed by atoms with Crippen LogP contribution in [0.15, 0.2) is 0 Å². The number of ether oxygens (including phenoxy) is 1. The molecule has 0 aromatic carbocycles. The van der Waals surface area contributed by atoms with E-state index < -0.39 is 22.0 Å². The molecule has 0 bridgehead atoms. The quantitative estimate of drug-likeness (QED) is 0.572. The highest BCUT2D eigenvalue weighted by Crippen LogP contribution is 2.44. The van der Waals surface area contributed by atoms with E-state index in [4.69, 9.17) is 8.85 Å². The van der Waals surface area contributed by atoms with Crippen LogP contribution in [0, 0.1) is 16.7 Å². The summed E-state index contributed by atoms with van der Waals surface area (Å²) >= 11 is 0. The van der Waals surface area contributed by atoms with E-state index in [0.717, 1.165) is 0 Å². The molecule has 1 fully saturated rings. The Kier molecular flexibility index (Phi) is 3.86. The van der Waals surface area contributed by atoms with Crippen LogP contribution in [0.3, 0.4) is 0 Å². The van der Waals surface area contributed by atoms with Crippen LogP contribution < -0.4 is 0 Å². The fourth-order valence-electron chi connectivity index (χ4n) is 2.87. The van der Waals surface area contributed by atoms with Crippen molar-refractivity contribution in [1.82, 2.24) is 0 Å². The van der Waals surface area contributed by atoms with Crippen LogP contribution >= 0.6 is 0 Å². The van der Waals surface area contributed by atoms with Crippen LogP contribution in [0.2, 0.25) is 38.3 Å². The molecule has 0 amide bonds. The first-order valence-corrected chi connectivity index (χ1v) is 12.2. The summed E-state index contributed by atoms with van der Waals surface area (Å²) in [7, 11) is -3.87. The van der Waals surface area contributed by atoms with Crippen molar-refractivity contribution in [3.8, 4) is 6.07 Å². The molecule has 0 radical (unpaired) electrons. The molecule has 0 aromatic heterocycles. The molecule has 1 heterocycles. The second-order valence-corrected chi connectivity index (χ2v) is 14.5. The molecule has 1 aliphatic rings. The largest absolute Gasteiger partial charge is 0.465 e. The Labute approximate surface area is 105 Å². The normalized spacial score (nSPS) is 24.7. The molecule has 0 saturated carbocycles. The zero-order valence-electron chi connectivity index (χ0n) is 11.3. The Morgan fingerprint density at radius 2 is 1.82 bits per heavy atom. The summed E-state index contributed by atoms with van der Waals surface area (Å²) < 4.78 is 11.3. The third kappa shape index (κ3) is 3.18. The molecule has 0 aromatic rings. The minimum atomic E-state index is -1.94. The van der Waals surface area contributed by atoms with E-state index in [1.807, 2.05) is 0 Å². The van der Waals surface area contributed by atoms with Gasteiger partial charge in [0.1, 0.15) is 0 Å². The highest BCUT2D eigenvalue weighted by Gasteiger charge is 2.55. The fourth-order valence-corrected chi connectivity index (χ4v) is 13.3. The molecule has 0 atom stereocenters. The Morgan fingerprint density at radius 1 is 1.35 bits per heavy atom. The Bertz CT molecular complexity index is 344. The second kappa shape index (κ2) is 4.55. The van der Waals surface area contributed by atoms with E-state index in [9.17, 15) is 10.1 Å². The molecule has 1 saturated heterocycles. The first-order valence-electron chi connectivity index (χ1n) is 5.95. The Morgan fingerprint density at radius 3 is 2.18 bits per heavy atom.